The smallest absolute Gasteiger partial charge is 0.311 e. The molecule has 0 aliphatic rings. The van der Waals surface area contributed by atoms with E-state index in [1.165, 1.54) is 27.7 Å². The van der Waals surface area contributed by atoms with Gasteiger partial charge >= 0.3 is 5.69 Å². The summed E-state index contributed by atoms with van der Waals surface area (Å²) in [6, 6.07) is 15.4. The first-order valence-electron chi connectivity index (χ1n) is 8.40. The number of aromatic nitrogens is 3. The Morgan fingerprint density at radius 1 is 1.17 bits per heavy atom. The number of rotatable bonds is 5. The zero-order valence-electron chi connectivity index (χ0n) is 14.7. The van der Waals surface area contributed by atoms with E-state index in [9.17, 15) is 14.4 Å². The predicted octanol–water partition coefficient (Wildman–Crippen LogP) is 3.52. The van der Waals surface area contributed by atoms with Gasteiger partial charge in [-0.25, -0.2) is 14.3 Å². The van der Waals surface area contributed by atoms with Crippen LogP contribution < -0.4 is 16.6 Å². The third-order valence-corrected chi connectivity index (χ3v) is 6.33. The SMILES string of the molecule is O=C(CSc1nc2ccccc2s1)Nc1cc(=O)[nH]c(=O)n1-c1ccc(Cl)cc1. The predicted molar refractivity (Wildman–Crippen MR) is 117 cm³/mol. The average Bonchev–Trinajstić information content (AvgIpc) is 3.10. The molecule has 0 radical (unpaired) electrons. The highest BCUT2D eigenvalue weighted by Crippen LogP contribution is 2.29. The van der Waals surface area contributed by atoms with Crippen LogP contribution in [-0.2, 0) is 4.79 Å². The van der Waals surface area contributed by atoms with Crippen molar-refractivity contribution in [2.45, 2.75) is 4.34 Å². The molecule has 0 bridgehead atoms. The second-order valence-electron chi connectivity index (χ2n) is 5.92. The number of thioether (sulfide) groups is 1. The maximum atomic E-state index is 12.5. The molecule has 0 aliphatic heterocycles. The van der Waals surface area contributed by atoms with E-state index in [-0.39, 0.29) is 17.5 Å². The first-order valence-corrected chi connectivity index (χ1v) is 10.6. The second-order valence-corrected chi connectivity index (χ2v) is 8.61. The lowest BCUT2D eigenvalue weighted by molar-refractivity contribution is -0.113. The molecule has 1 amide bonds. The molecular formula is C19H13ClN4O3S2. The summed E-state index contributed by atoms with van der Waals surface area (Å²) in [5, 5.41) is 3.14. The Kier molecular flexibility index (Phi) is 5.52. The monoisotopic (exact) mass is 444 g/mol. The Balaban J connectivity index is 1.55. The fraction of sp³-hybridized carbons (Fsp3) is 0.0526. The van der Waals surface area contributed by atoms with Gasteiger partial charge in [0.05, 0.1) is 21.7 Å². The van der Waals surface area contributed by atoms with Crippen molar-refractivity contribution in [2.24, 2.45) is 0 Å². The lowest BCUT2D eigenvalue weighted by Gasteiger charge is -2.12. The molecule has 0 fully saturated rings. The van der Waals surface area contributed by atoms with Gasteiger partial charge in [0.25, 0.3) is 5.56 Å². The molecule has 2 aromatic heterocycles. The summed E-state index contributed by atoms with van der Waals surface area (Å²) in [6.07, 6.45) is 0. The van der Waals surface area contributed by atoms with Gasteiger partial charge in [-0.15, -0.1) is 11.3 Å². The second kappa shape index (κ2) is 8.24. The molecule has 2 heterocycles. The van der Waals surface area contributed by atoms with E-state index in [0.717, 1.165) is 20.6 Å². The van der Waals surface area contributed by atoms with E-state index in [1.54, 1.807) is 24.3 Å². The van der Waals surface area contributed by atoms with Gasteiger partial charge in [0.1, 0.15) is 5.82 Å². The number of amides is 1. The van der Waals surface area contributed by atoms with Gasteiger partial charge in [-0.05, 0) is 36.4 Å². The van der Waals surface area contributed by atoms with Gasteiger partial charge in [-0.2, -0.15) is 0 Å². The number of para-hydroxylation sites is 1. The summed E-state index contributed by atoms with van der Waals surface area (Å²) < 4.78 is 3.02. The lowest BCUT2D eigenvalue weighted by Crippen LogP contribution is -2.32. The summed E-state index contributed by atoms with van der Waals surface area (Å²) >= 11 is 8.69. The van der Waals surface area contributed by atoms with Crippen molar-refractivity contribution in [3.63, 3.8) is 0 Å². The molecule has 0 saturated heterocycles. The number of carbonyl (C=O) groups is 1. The topological polar surface area (TPSA) is 96.8 Å². The Morgan fingerprint density at radius 2 is 1.93 bits per heavy atom. The number of H-pyrrole nitrogens is 1. The van der Waals surface area contributed by atoms with Crippen LogP contribution in [0.1, 0.15) is 0 Å². The molecule has 0 spiro atoms. The first kappa shape index (κ1) is 19.4. The summed E-state index contributed by atoms with van der Waals surface area (Å²) in [5.74, 6) is -0.195. The Morgan fingerprint density at radius 3 is 2.69 bits per heavy atom. The van der Waals surface area contributed by atoms with E-state index in [4.69, 9.17) is 11.6 Å². The van der Waals surface area contributed by atoms with E-state index in [2.05, 4.69) is 15.3 Å². The highest BCUT2D eigenvalue weighted by Gasteiger charge is 2.13. The van der Waals surface area contributed by atoms with Gasteiger partial charge in [-0.1, -0.05) is 35.5 Å². The van der Waals surface area contributed by atoms with Crippen LogP contribution in [0.4, 0.5) is 5.82 Å². The molecule has 10 heteroatoms. The molecular weight excluding hydrogens is 432 g/mol. The van der Waals surface area contributed by atoms with Crippen molar-refractivity contribution in [3.8, 4) is 5.69 Å². The zero-order chi connectivity index (χ0) is 20.4. The molecule has 2 aromatic carbocycles. The summed E-state index contributed by atoms with van der Waals surface area (Å²) in [4.78, 5) is 43.2. The van der Waals surface area contributed by atoms with Gasteiger partial charge in [-0.3, -0.25) is 14.6 Å². The number of thiazole rings is 1. The Labute approximate surface area is 177 Å². The minimum atomic E-state index is -0.658. The fourth-order valence-corrected chi connectivity index (χ4v) is 4.65. The maximum Gasteiger partial charge on any atom is 0.334 e. The van der Waals surface area contributed by atoms with E-state index >= 15 is 0 Å². The summed E-state index contributed by atoms with van der Waals surface area (Å²) in [5.41, 5.74) is 0.0830. The fourth-order valence-electron chi connectivity index (χ4n) is 2.65. The molecule has 29 heavy (non-hydrogen) atoms. The number of nitrogens with zero attached hydrogens (tertiary/aromatic N) is 2. The van der Waals surface area contributed by atoms with Crippen LogP contribution in [0.2, 0.25) is 5.02 Å². The molecule has 0 saturated carbocycles. The standard InChI is InChI=1S/C19H13ClN4O3S2/c20-11-5-7-12(8-6-11)24-15(9-16(25)23-18(24)27)22-17(26)10-28-19-21-13-3-1-2-4-14(13)29-19/h1-9H,10H2,(H,22,26)(H,23,25,27). The molecule has 0 atom stereocenters. The number of aromatic amines is 1. The Hall–Kier alpha value is -2.88. The number of fused-ring (bicyclic) bond motifs is 1. The maximum absolute atomic E-state index is 12.5. The normalized spacial score (nSPS) is 10.9. The third-order valence-electron chi connectivity index (χ3n) is 3.90. The largest absolute Gasteiger partial charge is 0.334 e. The van der Waals surface area contributed by atoms with Crippen LogP contribution in [0.5, 0.6) is 0 Å². The van der Waals surface area contributed by atoms with Crippen molar-refractivity contribution < 1.29 is 4.79 Å². The van der Waals surface area contributed by atoms with Crippen molar-refractivity contribution in [1.29, 1.82) is 0 Å². The first-order chi connectivity index (χ1) is 14.0. The van der Waals surface area contributed by atoms with Gasteiger partial charge in [0.15, 0.2) is 4.34 Å². The van der Waals surface area contributed by atoms with Crippen molar-refractivity contribution >= 4 is 56.6 Å². The lowest BCUT2D eigenvalue weighted by atomic mass is 10.3. The highest BCUT2D eigenvalue weighted by molar-refractivity contribution is 8.01. The van der Waals surface area contributed by atoms with Crippen LogP contribution in [0.25, 0.3) is 15.9 Å². The average molecular weight is 445 g/mol. The van der Waals surface area contributed by atoms with E-state index in [1.807, 2.05) is 24.3 Å². The number of halogens is 1. The number of hydrogen-bond acceptors (Lipinski definition) is 6. The molecule has 4 aromatic rings. The molecule has 0 aliphatic carbocycles. The van der Waals surface area contributed by atoms with Crippen LogP contribution in [0, 0.1) is 0 Å². The molecule has 2 N–H and O–H groups in total. The van der Waals surface area contributed by atoms with Gasteiger partial charge < -0.3 is 5.32 Å². The number of benzene rings is 2. The highest BCUT2D eigenvalue weighted by atomic mass is 35.5. The number of carbonyl (C=O) groups excluding carboxylic acids is 1. The van der Waals surface area contributed by atoms with Crippen LogP contribution in [0.3, 0.4) is 0 Å². The van der Waals surface area contributed by atoms with E-state index < -0.39 is 11.2 Å². The number of anilines is 1. The molecule has 0 unspecified atom stereocenters. The van der Waals surface area contributed by atoms with Crippen LogP contribution in [-0.4, -0.2) is 26.2 Å². The van der Waals surface area contributed by atoms with Crippen molar-refractivity contribution in [1.82, 2.24) is 14.5 Å². The zero-order valence-corrected chi connectivity index (χ0v) is 17.1. The minimum absolute atomic E-state index is 0.0796. The quantitative estimate of drug-likeness (QED) is 0.459. The van der Waals surface area contributed by atoms with Gasteiger partial charge in [0.2, 0.25) is 5.91 Å². The van der Waals surface area contributed by atoms with Crippen LogP contribution >= 0.6 is 34.7 Å². The van der Waals surface area contributed by atoms with E-state index in [0.29, 0.717) is 10.7 Å². The number of hydrogen-bond donors (Lipinski definition) is 2. The summed E-state index contributed by atoms with van der Waals surface area (Å²) in [7, 11) is 0. The van der Waals surface area contributed by atoms with Gasteiger partial charge in [0, 0.05) is 11.1 Å². The Bertz CT molecular complexity index is 1280. The molecule has 7 nitrogen and oxygen atoms in total. The summed E-state index contributed by atoms with van der Waals surface area (Å²) in [6.45, 7) is 0. The minimum Gasteiger partial charge on any atom is -0.311 e. The van der Waals surface area contributed by atoms with Crippen molar-refractivity contribution in [2.75, 3.05) is 11.1 Å². The van der Waals surface area contributed by atoms with Crippen molar-refractivity contribution in [3.05, 3.63) is 80.5 Å². The third kappa shape index (κ3) is 4.42. The van der Waals surface area contributed by atoms with Crippen LogP contribution in [0.15, 0.2) is 68.5 Å². The molecule has 4 rings (SSSR count). The molecule has 146 valence electrons. The number of nitrogens with one attached hydrogen (secondary N) is 2.